The molecule has 1 atom stereocenters. The van der Waals surface area contributed by atoms with Crippen LogP contribution >= 0.6 is 0 Å². The number of anilines is 1. The maximum Gasteiger partial charge on any atom is 0.255 e. The number of ether oxygens (including phenoxy) is 1. The molecule has 0 unspecified atom stereocenters. The number of aromatic hydroxyl groups is 1. The number of hydrogen-bond donors (Lipinski definition) is 2. The number of amides is 1. The van der Waals surface area contributed by atoms with Crippen LogP contribution in [0.3, 0.4) is 0 Å². The second-order valence-electron chi connectivity index (χ2n) is 7.90. The van der Waals surface area contributed by atoms with E-state index in [0.29, 0.717) is 23.9 Å². The Morgan fingerprint density at radius 2 is 1.97 bits per heavy atom. The summed E-state index contributed by atoms with van der Waals surface area (Å²) >= 11 is 0. The third-order valence-corrected chi connectivity index (χ3v) is 5.62. The molecule has 0 saturated carbocycles. The molecule has 4 rings (SSSR count). The number of phenols is 1. The van der Waals surface area contributed by atoms with Gasteiger partial charge in [-0.3, -0.25) is 4.79 Å². The van der Waals surface area contributed by atoms with E-state index in [1.54, 1.807) is 29.2 Å². The van der Waals surface area contributed by atoms with Crippen molar-refractivity contribution < 1.29 is 14.6 Å². The lowest BCUT2D eigenvalue weighted by Crippen LogP contribution is -2.28. The van der Waals surface area contributed by atoms with Crippen molar-refractivity contribution in [1.82, 2.24) is 14.7 Å². The van der Waals surface area contributed by atoms with Crippen molar-refractivity contribution in [2.45, 2.75) is 32.2 Å². The van der Waals surface area contributed by atoms with Gasteiger partial charge in [0, 0.05) is 18.2 Å². The van der Waals surface area contributed by atoms with Crippen LogP contribution in [0.1, 0.15) is 36.5 Å². The molecule has 162 valence electrons. The van der Waals surface area contributed by atoms with Crippen molar-refractivity contribution in [3.63, 3.8) is 0 Å². The number of benzene rings is 2. The molecule has 0 bridgehead atoms. The average Bonchev–Trinajstić information content (AvgIpc) is 3.41. The Morgan fingerprint density at radius 1 is 1.19 bits per heavy atom. The fourth-order valence-electron chi connectivity index (χ4n) is 3.82. The molecule has 3 aromatic rings. The molecule has 1 aliphatic heterocycles. The highest BCUT2D eigenvalue weighted by Crippen LogP contribution is 2.19. The first-order valence-corrected chi connectivity index (χ1v) is 10.7. The minimum absolute atomic E-state index is 0.123. The third-order valence-electron chi connectivity index (χ3n) is 5.62. The van der Waals surface area contributed by atoms with Crippen molar-refractivity contribution in [3.05, 3.63) is 66.5 Å². The lowest BCUT2D eigenvalue weighted by Gasteiger charge is -2.20. The molecule has 31 heavy (non-hydrogen) atoms. The summed E-state index contributed by atoms with van der Waals surface area (Å²) in [7, 11) is 0. The summed E-state index contributed by atoms with van der Waals surface area (Å²) in [4.78, 5) is 14.8. The van der Waals surface area contributed by atoms with Crippen LogP contribution < -0.4 is 10.1 Å². The summed E-state index contributed by atoms with van der Waals surface area (Å²) in [6.45, 7) is 5.30. The predicted molar refractivity (Wildman–Crippen MR) is 120 cm³/mol. The third kappa shape index (κ3) is 5.44. The van der Waals surface area contributed by atoms with Gasteiger partial charge in [0.05, 0.1) is 30.4 Å². The van der Waals surface area contributed by atoms with Gasteiger partial charge in [-0.1, -0.05) is 0 Å². The summed E-state index contributed by atoms with van der Waals surface area (Å²) in [6, 6.07) is 14.5. The Bertz CT molecular complexity index is 998. The predicted octanol–water partition coefficient (Wildman–Crippen LogP) is 4.08. The molecule has 7 nitrogen and oxygen atoms in total. The van der Waals surface area contributed by atoms with Gasteiger partial charge in [0.25, 0.3) is 5.91 Å². The number of phenolic OH excluding ortho intramolecular Hbond substituents is 1. The van der Waals surface area contributed by atoms with Crippen molar-refractivity contribution in [1.29, 1.82) is 0 Å². The van der Waals surface area contributed by atoms with Gasteiger partial charge in [-0.15, -0.1) is 0 Å². The Kier molecular flexibility index (Phi) is 6.52. The van der Waals surface area contributed by atoms with Crippen molar-refractivity contribution in [3.8, 4) is 17.2 Å². The van der Waals surface area contributed by atoms with Crippen LogP contribution in [-0.2, 0) is 0 Å². The SMILES string of the molecule is C[C@@H]1CCCN1CCCOc1ccc(-n2cc(NC(=O)c3ccc(O)cc3)cn2)cc1. The number of carbonyl (C=O) groups excluding carboxylic acids is 1. The summed E-state index contributed by atoms with van der Waals surface area (Å²) < 4.78 is 7.58. The molecule has 2 aromatic carbocycles. The molecule has 1 amide bonds. The van der Waals surface area contributed by atoms with Crippen LogP contribution in [0.25, 0.3) is 5.69 Å². The van der Waals surface area contributed by atoms with E-state index >= 15 is 0 Å². The summed E-state index contributed by atoms with van der Waals surface area (Å²) in [5.41, 5.74) is 1.93. The second kappa shape index (κ2) is 9.66. The van der Waals surface area contributed by atoms with E-state index in [1.165, 1.54) is 31.5 Å². The Morgan fingerprint density at radius 3 is 2.68 bits per heavy atom. The van der Waals surface area contributed by atoms with Crippen LogP contribution in [0.15, 0.2) is 60.9 Å². The quantitative estimate of drug-likeness (QED) is 0.537. The highest BCUT2D eigenvalue weighted by atomic mass is 16.5. The van der Waals surface area contributed by atoms with E-state index in [1.807, 2.05) is 24.3 Å². The number of nitrogens with zero attached hydrogens (tertiary/aromatic N) is 3. The van der Waals surface area contributed by atoms with Gasteiger partial charge in [0.2, 0.25) is 0 Å². The zero-order valence-corrected chi connectivity index (χ0v) is 17.7. The van der Waals surface area contributed by atoms with Crippen molar-refractivity contribution in [2.75, 3.05) is 25.0 Å². The van der Waals surface area contributed by atoms with Gasteiger partial charge >= 0.3 is 0 Å². The molecule has 2 N–H and O–H groups in total. The molecule has 1 aromatic heterocycles. The first kappa shape index (κ1) is 20.9. The van der Waals surface area contributed by atoms with Crippen LogP contribution in [0.4, 0.5) is 5.69 Å². The Hall–Kier alpha value is -3.32. The summed E-state index contributed by atoms with van der Waals surface area (Å²) in [5.74, 6) is 0.704. The summed E-state index contributed by atoms with van der Waals surface area (Å²) in [5, 5.41) is 16.5. The molecule has 0 aliphatic carbocycles. The van der Waals surface area contributed by atoms with Crippen LogP contribution in [0, 0.1) is 0 Å². The molecule has 0 radical (unpaired) electrons. The Labute approximate surface area is 182 Å². The average molecular weight is 421 g/mol. The maximum atomic E-state index is 12.3. The molecule has 0 spiro atoms. The first-order chi connectivity index (χ1) is 15.1. The number of carbonyl (C=O) groups is 1. The number of aromatic nitrogens is 2. The van der Waals surface area contributed by atoms with Crippen LogP contribution in [0.5, 0.6) is 11.5 Å². The number of rotatable bonds is 8. The fourth-order valence-corrected chi connectivity index (χ4v) is 3.82. The summed E-state index contributed by atoms with van der Waals surface area (Å²) in [6.07, 6.45) is 6.99. The maximum absolute atomic E-state index is 12.3. The normalized spacial score (nSPS) is 16.4. The van der Waals surface area contributed by atoms with E-state index in [2.05, 4.69) is 22.2 Å². The van der Waals surface area contributed by atoms with Gasteiger partial charge < -0.3 is 20.1 Å². The van der Waals surface area contributed by atoms with Crippen LogP contribution in [-0.4, -0.2) is 51.4 Å². The number of hydrogen-bond acceptors (Lipinski definition) is 5. The number of nitrogens with one attached hydrogen (secondary N) is 1. The molecule has 1 fully saturated rings. The smallest absolute Gasteiger partial charge is 0.255 e. The molecule has 1 aliphatic rings. The van der Waals surface area contributed by atoms with E-state index in [4.69, 9.17) is 4.74 Å². The highest BCUT2D eigenvalue weighted by Gasteiger charge is 2.19. The standard InChI is InChI=1S/C24H28N4O3/c1-18-4-2-13-27(18)14-3-15-31-23-11-7-21(8-12-23)28-17-20(16-25-28)26-24(30)19-5-9-22(29)10-6-19/h5-12,16-18,29H,2-4,13-15H2,1H3,(H,26,30)/t18-/m1/s1. The molecular formula is C24H28N4O3. The van der Waals surface area contributed by atoms with E-state index in [9.17, 15) is 9.90 Å². The van der Waals surface area contributed by atoms with Crippen molar-refractivity contribution >= 4 is 11.6 Å². The zero-order chi connectivity index (χ0) is 21.6. The Balaban J connectivity index is 1.27. The van der Waals surface area contributed by atoms with E-state index in [0.717, 1.165) is 24.4 Å². The minimum atomic E-state index is -0.258. The van der Waals surface area contributed by atoms with Gasteiger partial charge in [-0.05, 0) is 81.3 Å². The lowest BCUT2D eigenvalue weighted by molar-refractivity contribution is 0.102. The van der Waals surface area contributed by atoms with Gasteiger partial charge in [0.15, 0.2) is 0 Å². The van der Waals surface area contributed by atoms with Crippen LogP contribution in [0.2, 0.25) is 0 Å². The van der Waals surface area contributed by atoms with Gasteiger partial charge in [-0.25, -0.2) is 4.68 Å². The van der Waals surface area contributed by atoms with Crippen molar-refractivity contribution in [2.24, 2.45) is 0 Å². The monoisotopic (exact) mass is 420 g/mol. The minimum Gasteiger partial charge on any atom is -0.508 e. The number of likely N-dealkylation sites (tertiary alicyclic amines) is 1. The zero-order valence-electron chi connectivity index (χ0n) is 17.7. The first-order valence-electron chi connectivity index (χ1n) is 10.7. The topological polar surface area (TPSA) is 79.6 Å². The van der Waals surface area contributed by atoms with E-state index < -0.39 is 0 Å². The second-order valence-corrected chi connectivity index (χ2v) is 7.90. The molecule has 7 heteroatoms. The largest absolute Gasteiger partial charge is 0.508 e. The molecular weight excluding hydrogens is 392 g/mol. The van der Waals surface area contributed by atoms with Gasteiger partial charge in [0.1, 0.15) is 11.5 Å². The molecule has 1 saturated heterocycles. The highest BCUT2D eigenvalue weighted by molar-refractivity contribution is 6.04. The fraction of sp³-hybridized carbons (Fsp3) is 0.333. The lowest BCUT2D eigenvalue weighted by atomic mass is 10.2. The van der Waals surface area contributed by atoms with Gasteiger partial charge in [-0.2, -0.15) is 5.10 Å². The molecule has 2 heterocycles. The van der Waals surface area contributed by atoms with E-state index in [-0.39, 0.29) is 11.7 Å².